The third-order valence-electron chi connectivity index (χ3n) is 2.56. The van der Waals surface area contributed by atoms with Crippen molar-refractivity contribution in [3.8, 4) is 0 Å². The minimum absolute atomic E-state index is 0.0406. The quantitative estimate of drug-likeness (QED) is 0.626. The van der Waals surface area contributed by atoms with Crippen LogP contribution in [0.25, 0.3) is 0 Å². The Morgan fingerprint density at radius 1 is 1.33 bits per heavy atom. The molecule has 0 radical (unpaired) electrons. The molecule has 0 saturated carbocycles. The summed E-state index contributed by atoms with van der Waals surface area (Å²) in [5, 5.41) is 9.76. The summed E-state index contributed by atoms with van der Waals surface area (Å²) in [6, 6.07) is 0.240. The molecule has 0 aromatic carbocycles. The second-order valence-electron chi connectivity index (χ2n) is 3.91. The van der Waals surface area contributed by atoms with Gasteiger partial charge in [-0.3, -0.25) is 0 Å². The number of hydrogen-bond donors (Lipinski definition) is 1. The van der Waals surface area contributed by atoms with Crippen LogP contribution in [0.3, 0.4) is 0 Å². The van der Waals surface area contributed by atoms with Crippen LogP contribution in [0, 0.1) is 0 Å². The molecule has 72 valence electrons. The fraction of sp³-hybridized carbons (Fsp3) is 1.00. The molecule has 0 aliphatic carbocycles. The molecule has 0 spiro atoms. The Morgan fingerprint density at radius 2 is 1.92 bits per heavy atom. The lowest BCUT2D eigenvalue weighted by Gasteiger charge is -2.40. The summed E-state index contributed by atoms with van der Waals surface area (Å²) in [7, 11) is 4.00. The Bertz CT molecular complexity index is 149. The van der Waals surface area contributed by atoms with E-state index in [1.165, 1.54) is 0 Å². The number of aliphatic hydroxyl groups is 1. The summed E-state index contributed by atoms with van der Waals surface area (Å²) in [6.07, 6.45) is 0.784. The van der Waals surface area contributed by atoms with Gasteiger partial charge in [0.2, 0.25) is 0 Å². The van der Waals surface area contributed by atoms with Crippen LogP contribution < -0.4 is 0 Å². The van der Waals surface area contributed by atoms with Crippen LogP contribution in [0.15, 0.2) is 0 Å². The average Bonchev–Trinajstić information content (AvgIpc) is 1.96. The summed E-state index contributed by atoms with van der Waals surface area (Å²) in [5.41, 5.74) is 0. The molecule has 12 heavy (non-hydrogen) atoms. The Labute approximate surface area is 74.3 Å². The molecule has 0 aromatic heterocycles. The van der Waals surface area contributed by atoms with Crippen molar-refractivity contribution in [2.75, 3.05) is 14.1 Å². The smallest absolute Gasteiger partial charge is 0.0954 e. The fourth-order valence-electron chi connectivity index (χ4n) is 1.81. The Morgan fingerprint density at radius 3 is 2.42 bits per heavy atom. The highest BCUT2D eigenvalue weighted by molar-refractivity contribution is 4.86. The average molecular weight is 173 g/mol. The third kappa shape index (κ3) is 1.97. The number of aliphatic hydroxyl groups excluding tert-OH is 1. The van der Waals surface area contributed by atoms with Crippen molar-refractivity contribution in [2.45, 2.75) is 44.6 Å². The zero-order chi connectivity index (χ0) is 9.30. The van der Waals surface area contributed by atoms with E-state index in [1.807, 2.05) is 21.0 Å². The molecule has 1 unspecified atom stereocenters. The van der Waals surface area contributed by atoms with Gasteiger partial charge < -0.3 is 14.7 Å². The summed E-state index contributed by atoms with van der Waals surface area (Å²) in [5.74, 6) is 0. The SMILES string of the molecule is CC1O[C@H](C)C[C@H](N(C)C)[C@H]1O. The zero-order valence-corrected chi connectivity index (χ0v) is 8.32. The molecule has 0 bridgehead atoms. The molecule has 3 heteroatoms. The largest absolute Gasteiger partial charge is 0.389 e. The van der Waals surface area contributed by atoms with E-state index in [4.69, 9.17) is 4.74 Å². The number of rotatable bonds is 1. The maximum Gasteiger partial charge on any atom is 0.0954 e. The molecule has 1 aliphatic heterocycles. The highest BCUT2D eigenvalue weighted by Crippen LogP contribution is 2.22. The second-order valence-corrected chi connectivity index (χ2v) is 3.91. The first-order valence-electron chi connectivity index (χ1n) is 4.52. The van der Waals surface area contributed by atoms with Gasteiger partial charge in [-0.05, 0) is 34.4 Å². The van der Waals surface area contributed by atoms with Gasteiger partial charge in [-0.15, -0.1) is 0 Å². The fourth-order valence-corrected chi connectivity index (χ4v) is 1.81. The summed E-state index contributed by atoms with van der Waals surface area (Å²) in [4.78, 5) is 2.07. The highest BCUT2D eigenvalue weighted by atomic mass is 16.5. The van der Waals surface area contributed by atoms with Crippen LogP contribution in [-0.2, 0) is 4.74 Å². The van der Waals surface area contributed by atoms with Crippen molar-refractivity contribution in [2.24, 2.45) is 0 Å². The summed E-state index contributed by atoms with van der Waals surface area (Å²) >= 11 is 0. The second kappa shape index (κ2) is 3.73. The van der Waals surface area contributed by atoms with Crippen molar-refractivity contribution < 1.29 is 9.84 Å². The molecule has 4 atom stereocenters. The van der Waals surface area contributed by atoms with E-state index in [-0.39, 0.29) is 24.4 Å². The molecule has 1 fully saturated rings. The van der Waals surface area contributed by atoms with Gasteiger partial charge in [0.1, 0.15) is 0 Å². The molecule has 1 saturated heterocycles. The third-order valence-corrected chi connectivity index (χ3v) is 2.56. The lowest BCUT2D eigenvalue weighted by atomic mass is 9.96. The van der Waals surface area contributed by atoms with Crippen molar-refractivity contribution >= 4 is 0 Å². The molecular formula is C9H19NO2. The predicted molar refractivity (Wildman–Crippen MR) is 48.1 cm³/mol. The van der Waals surface area contributed by atoms with E-state index in [9.17, 15) is 5.11 Å². The Balaban J connectivity index is 2.60. The molecule has 3 nitrogen and oxygen atoms in total. The van der Waals surface area contributed by atoms with Crippen LogP contribution >= 0.6 is 0 Å². The van der Waals surface area contributed by atoms with E-state index < -0.39 is 0 Å². The molecule has 1 heterocycles. The topological polar surface area (TPSA) is 32.7 Å². The normalized spacial score (nSPS) is 43.5. The van der Waals surface area contributed by atoms with Crippen LogP contribution in [0.4, 0.5) is 0 Å². The maximum absolute atomic E-state index is 9.76. The van der Waals surface area contributed by atoms with Gasteiger partial charge in [0.25, 0.3) is 0 Å². The molecule has 0 amide bonds. The van der Waals surface area contributed by atoms with Gasteiger partial charge in [-0.25, -0.2) is 0 Å². The lowest BCUT2D eigenvalue weighted by Crippen LogP contribution is -2.52. The van der Waals surface area contributed by atoms with Gasteiger partial charge in [0.05, 0.1) is 18.3 Å². The number of nitrogens with zero attached hydrogens (tertiary/aromatic N) is 1. The minimum Gasteiger partial charge on any atom is -0.389 e. The lowest BCUT2D eigenvalue weighted by molar-refractivity contribution is -0.134. The predicted octanol–water partition coefficient (Wildman–Crippen LogP) is 0.475. The minimum atomic E-state index is -0.351. The van der Waals surface area contributed by atoms with Crippen molar-refractivity contribution in [1.82, 2.24) is 4.90 Å². The van der Waals surface area contributed by atoms with Gasteiger partial charge in [-0.1, -0.05) is 0 Å². The summed E-state index contributed by atoms with van der Waals surface area (Å²) < 4.78 is 5.50. The van der Waals surface area contributed by atoms with E-state index in [1.54, 1.807) is 0 Å². The van der Waals surface area contributed by atoms with Crippen molar-refractivity contribution in [3.63, 3.8) is 0 Å². The standard InChI is InChI=1S/C9H19NO2/c1-6-5-8(10(3)4)9(11)7(2)12-6/h6-9,11H,5H2,1-4H3/t6-,7?,8+,9+/m1/s1. The van der Waals surface area contributed by atoms with Crippen molar-refractivity contribution in [3.05, 3.63) is 0 Å². The molecule has 0 aromatic rings. The maximum atomic E-state index is 9.76. The van der Waals surface area contributed by atoms with Gasteiger partial charge in [0, 0.05) is 6.04 Å². The van der Waals surface area contributed by atoms with E-state index in [0.717, 1.165) is 6.42 Å². The van der Waals surface area contributed by atoms with Gasteiger partial charge in [0.15, 0.2) is 0 Å². The van der Waals surface area contributed by atoms with E-state index in [0.29, 0.717) is 0 Å². The van der Waals surface area contributed by atoms with E-state index in [2.05, 4.69) is 11.8 Å². The Kier molecular flexibility index (Phi) is 3.09. The zero-order valence-electron chi connectivity index (χ0n) is 8.32. The van der Waals surface area contributed by atoms with Crippen LogP contribution in [0.2, 0.25) is 0 Å². The van der Waals surface area contributed by atoms with Crippen LogP contribution in [0.5, 0.6) is 0 Å². The highest BCUT2D eigenvalue weighted by Gasteiger charge is 2.34. The number of hydrogen-bond acceptors (Lipinski definition) is 3. The molecule has 1 aliphatic rings. The van der Waals surface area contributed by atoms with Crippen molar-refractivity contribution in [1.29, 1.82) is 0 Å². The first-order valence-corrected chi connectivity index (χ1v) is 4.52. The van der Waals surface area contributed by atoms with Crippen LogP contribution in [-0.4, -0.2) is 48.5 Å². The molecular weight excluding hydrogens is 154 g/mol. The first kappa shape index (κ1) is 9.96. The number of likely N-dealkylation sites (N-methyl/N-ethyl adjacent to an activating group) is 1. The van der Waals surface area contributed by atoms with Crippen LogP contribution in [0.1, 0.15) is 20.3 Å². The number of ether oxygens (including phenoxy) is 1. The Hall–Kier alpha value is -0.120. The molecule has 1 rings (SSSR count). The van der Waals surface area contributed by atoms with Gasteiger partial charge in [-0.2, -0.15) is 0 Å². The monoisotopic (exact) mass is 173 g/mol. The first-order chi connectivity index (χ1) is 5.52. The van der Waals surface area contributed by atoms with E-state index >= 15 is 0 Å². The summed E-state index contributed by atoms with van der Waals surface area (Å²) in [6.45, 7) is 3.98. The molecule has 1 N–H and O–H groups in total. The van der Waals surface area contributed by atoms with Gasteiger partial charge >= 0.3 is 0 Å².